The molecule has 2 heterocycles. The lowest BCUT2D eigenvalue weighted by Crippen LogP contribution is -2.10. The molecule has 0 saturated heterocycles. The van der Waals surface area contributed by atoms with Gasteiger partial charge in [-0.3, -0.25) is 4.79 Å². The quantitative estimate of drug-likeness (QED) is 0.575. The fourth-order valence-electron chi connectivity index (χ4n) is 2.33. The van der Waals surface area contributed by atoms with Crippen LogP contribution in [0.1, 0.15) is 5.56 Å². The molecule has 0 atom stereocenters. The summed E-state index contributed by atoms with van der Waals surface area (Å²) in [6, 6.07) is 9.81. The standard InChI is InChI=1S/C18H19N5O2/c1-19-9-5-8-15(24)23-14-10-20-17-16(14)18(22-12-21-17)25-11-13-6-3-2-4-7-13/h2-8,10,12,19H,9,11H2,1H3,(H,23,24)(H,20,21,22). The van der Waals surface area contributed by atoms with Gasteiger partial charge in [-0.05, 0) is 12.6 Å². The Kier molecular flexibility index (Phi) is 5.38. The van der Waals surface area contributed by atoms with Gasteiger partial charge < -0.3 is 20.4 Å². The largest absolute Gasteiger partial charge is 0.472 e. The zero-order valence-corrected chi connectivity index (χ0v) is 13.8. The van der Waals surface area contributed by atoms with E-state index >= 15 is 0 Å². The highest BCUT2D eigenvalue weighted by atomic mass is 16.5. The number of carbonyl (C=O) groups is 1. The van der Waals surface area contributed by atoms with E-state index in [2.05, 4.69) is 25.6 Å². The highest BCUT2D eigenvalue weighted by Crippen LogP contribution is 2.29. The van der Waals surface area contributed by atoms with E-state index in [4.69, 9.17) is 4.74 Å². The molecule has 7 nitrogen and oxygen atoms in total. The number of aromatic nitrogens is 3. The van der Waals surface area contributed by atoms with Gasteiger partial charge in [0.05, 0.1) is 5.69 Å². The summed E-state index contributed by atoms with van der Waals surface area (Å²) in [6.45, 7) is 1.00. The van der Waals surface area contributed by atoms with E-state index in [1.807, 2.05) is 37.4 Å². The fourth-order valence-corrected chi connectivity index (χ4v) is 2.33. The number of ether oxygens (including phenoxy) is 1. The molecule has 25 heavy (non-hydrogen) atoms. The zero-order chi connectivity index (χ0) is 17.5. The van der Waals surface area contributed by atoms with Crippen molar-refractivity contribution >= 4 is 22.6 Å². The van der Waals surface area contributed by atoms with Crippen LogP contribution in [0.15, 0.2) is 55.0 Å². The Balaban J connectivity index is 1.79. The molecular formula is C18H19N5O2. The van der Waals surface area contributed by atoms with E-state index in [0.29, 0.717) is 35.8 Å². The van der Waals surface area contributed by atoms with Gasteiger partial charge in [0.2, 0.25) is 11.8 Å². The summed E-state index contributed by atoms with van der Waals surface area (Å²) in [6.07, 6.45) is 6.33. The molecule has 0 spiro atoms. The van der Waals surface area contributed by atoms with Crippen molar-refractivity contribution in [1.29, 1.82) is 0 Å². The fraction of sp³-hybridized carbons (Fsp3) is 0.167. The van der Waals surface area contributed by atoms with Gasteiger partial charge in [-0.25, -0.2) is 9.97 Å². The van der Waals surface area contributed by atoms with Crippen LogP contribution in [0.5, 0.6) is 5.88 Å². The van der Waals surface area contributed by atoms with Crippen LogP contribution in [-0.4, -0.2) is 34.5 Å². The molecule has 1 aromatic carbocycles. The molecule has 3 aromatic rings. The van der Waals surface area contributed by atoms with E-state index in [1.165, 1.54) is 12.4 Å². The Morgan fingerprint density at radius 2 is 2.12 bits per heavy atom. The van der Waals surface area contributed by atoms with Gasteiger partial charge in [0, 0.05) is 18.8 Å². The van der Waals surface area contributed by atoms with Gasteiger partial charge in [-0.2, -0.15) is 0 Å². The lowest BCUT2D eigenvalue weighted by atomic mass is 10.2. The molecule has 0 bridgehead atoms. The van der Waals surface area contributed by atoms with Crippen molar-refractivity contribution in [3.63, 3.8) is 0 Å². The first-order valence-electron chi connectivity index (χ1n) is 7.89. The lowest BCUT2D eigenvalue weighted by molar-refractivity contribution is -0.111. The van der Waals surface area contributed by atoms with Crippen LogP contribution < -0.4 is 15.4 Å². The van der Waals surface area contributed by atoms with Crippen LogP contribution in [0, 0.1) is 0 Å². The molecule has 0 unspecified atom stereocenters. The lowest BCUT2D eigenvalue weighted by Gasteiger charge is -2.07. The number of nitrogens with one attached hydrogen (secondary N) is 3. The number of nitrogens with zero attached hydrogens (tertiary/aromatic N) is 2. The Morgan fingerprint density at radius 3 is 2.92 bits per heavy atom. The summed E-state index contributed by atoms with van der Waals surface area (Å²) in [5.74, 6) is 0.193. The number of aromatic amines is 1. The minimum atomic E-state index is -0.228. The molecule has 0 aliphatic heterocycles. The number of amides is 1. The van der Waals surface area contributed by atoms with Crippen molar-refractivity contribution in [2.24, 2.45) is 0 Å². The molecule has 0 radical (unpaired) electrons. The maximum atomic E-state index is 12.0. The molecule has 0 saturated carbocycles. The smallest absolute Gasteiger partial charge is 0.248 e. The highest BCUT2D eigenvalue weighted by Gasteiger charge is 2.13. The number of anilines is 1. The molecule has 2 aromatic heterocycles. The number of hydrogen-bond donors (Lipinski definition) is 3. The predicted molar refractivity (Wildman–Crippen MR) is 96.4 cm³/mol. The molecular weight excluding hydrogens is 318 g/mol. The summed E-state index contributed by atoms with van der Waals surface area (Å²) in [7, 11) is 1.82. The molecule has 1 amide bonds. The van der Waals surface area contributed by atoms with Gasteiger partial charge in [0.25, 0.3) is 0 Å². The summed E-state index contributed by atoms with van der Waals surface area (Å²) in [5, 5.41) is 6.40. The summed E-state index contributed by atoms with van der Waals surface area (Å²) in [4.78, 5) is 23.4. The van der Waals surface area contributed by atoms with Gasteiger partial charge in [0.15, 0.2) is 0 Å². The third-order valence-corrected chi connectivity index (χ3v) is 3.50. The SMILES string of the molecule is CNCC=CC(=O)Nc1c[nH]c2ncnc(OCc3ccccc3)c12. The highest BCUT2D eigenvalue weighted by molar-refractivity contribution is 6.06. The maximum absolute atomic E-state index is 12.0. The normalized spacial score (nSPS) is 11.1. The van der Waals surface area contributed by atoms with Crippen LogP contribution >= 0.6 is 0 Å². The minimum absolute atomic E-state index is 0.228. The third kappa shape index (κ3) is 4.21. The van der Waals surface area contributed by atoms with Crippen LogP contribution in [-0.2, 0) is 11.4 Å². The number of likely N-dealkylation sites (N-methyl/N-ethyl adjacent to an activating group) is 1. The average molecular weight is 337 g/mol. The predicted octanol–water partition coefficient (Wildman–Crippen LogP) is 2.25. The van der Waals surface area contributed by atoms with Crippen molar-refractivity contribution in [2.45, 2.75) is 6.61 Å². The van der Waals surface area contributed by atoms with Crippen LogP contribution in [0.4, 0.5) is 5.69 Å². The number of benzene rings is 1. The molecule has 0 aliphatic rings. The van der Waals surface area contributed by atoms with Gasteiger partial charge in [0.1, 0.15) is 24.0 Å². The number of hydrogen-bond acceptors (Lipinski definition) is 5. The topological polar surface area (TPSA) is 91.9 Å². The molecule has 128 valence electrons. The summed E-state index contributed by atoms with van der Waals surface area (Å²) >= 11 is 0. The van der Waals surface area contributed by atoms with E-state index in [9.17, 15) is 4.79 Å². The summed E-state index contributed by atoms with van der Waals surface area (Å²) < 4.78 is 5.83. The Bertz CT molecular complexity index is 874. The average Bonchev–Trinajstić information content (AvgIpc) is 3.04. The molecule has 0 fully saturated rings. The minimum Gasteiger partial charge on any atom is -0.472 e. The van der Waals surface area contributed by atoms with Crippen molar-refractivity contribution in [3.8, 4) is 5.88 Å². The van der Waals surface area contributed by atoms with Crippen LogP contribution in [0.3, 0.4) is 0 Å². The van der Waals surface area contributed by atoms with Crippen molar-refractivity contribution < 1.29 is 9.53 Å². The number of fused-ring (bicyclic) bond motifs is 1. The molecule has 0 aliphatic carbocycles. The van der Waals surface area contributed by atoms with Crippen molar-refractivity contribution in [2.75, 3.05) is 18.9 Å². The zero-order valence-electron chi connectivity index (χ0n) is 13.8. The summed E-state index contributed by atoms with van der Waals surface area (Å²) in [5.41, 5.74) is 2.22. The molecule has 7 heteroatoms. The van der Waals surface area contributed by atoms with Gasteiger partial charge in [-0.15, -0.1) is 0 Å². The van der Waals surface area contributed by atoms with Crippen molar-refractivity contribution in [3.05, 3.63) is 60.6 Å². The monoisotopic (exact) mass is 337 g/mol. The first-order chi connectivity index (χ1) is 12.3. The second-order valence-corrected chi connectivity index (χ2v) is 5.33. The van der Waals surface area contributed by atoms with E-state index in [-0.39, 0.29) is 5.91 Å². The first kappa shape index (κ1) is 16.7. The molecule has 3 rings (SSSR count). The van der Waals surface area contributed by atoms with E-state index < -0.39 is 0 Å². The number of H-pyrrole nitrogens is 1. The maximum Gasteiger partial charge on any atom is 0.248 e. The van der Waals surface area contributed by atoms with Gasteiger partial charge >= 0.3 is 0 Å². The Morgan fingerprint density at radius 1 is 1.28 bits per heavy atom. The Hall–Kier alpha value is -3.19. The van der Waals surface area contributed by atoms with Crippen molar-refractivity contribution in [1.82, 2.24) is 20.3 Å². The van der Waals surface area contributed by atoms with Gasteiger partial charge in [-0.1, -0.05) is 36.4 Å². The Labute approximate surface area is 145 Å². The number of carbonyl (C=O) groups excluding carboxylic acids is 1. The number of rotatable bonds is 7. The van der Waals surface area contributed by atoms with E-state index in [1.54, 1.807) is 12.3 Å². The van der Waals surface area contributed by atoms with E-state index in [0.717, 1.165) is 5.56 Å². The second kappa shape index (κ2) is 8.07. The molecule has 3 N–H and O–H groups in total. The first-order valence-corrected chi connectivity index (χ1v) is 7.89. The third-order valence-electron chi connectivity index (χ3n) is 3.50. The van der Waals surface area contributed by atoms with Crippen LogP contribution in [0.25, 0.3) is 11.0 Å². The second-order valence-electron chi connectivity index (χ2n) is 5.33. The van der Waals surface area contributed by atoms with Crippen LogP contribution in [0.2, 0.25) is 0 Å².